The number of hydrogen-bond donors (Lipinski definition) is 2. The van der Waals surface area contributed by atoms with Crippen LogP contribution in [0.25, 0.3) is 0 Å². The van der Waals surface area contributed by atoms with Crippen LogP contribution in [0.3, 0.4) is 0 Å². The van der Waals surface area contributed by atoms with Gasteiger partial charge in [0.15, 0.2) is 0 Å². The van der Waals surface area contributed by atoms with E-state index < -0.39 is 10.0 Å². The third kappa shape index (κ3) is 6.82. The van der Waals surface area contributed by atoms with Crippen LogP contribution in [0, 0.1) is 0 Å². The lowest BCUT2D eigenvalue weighted by atomic mass is 10.1. The number of anilines is 2. The van der Waals surface area contributed by atoms with Gasteiger partial charge in [0.25, 0.3) is 15.9 Å². The van der Waals surface area contributed by atoms with E-state index in [4.69, 9.17) is 9.47 Å². The smallest absolute Gasteiger partial charge is 0.261 e. The van der Waals surface area contributed by atoms with Crippen molar-refractivity contribution in [3.63, 3.8) is 0 Å². The molecule has 1 heterocycles. The fraction of sp³-hybridized carbons (Fsp3) is 0.269. The molecule has 1 fully saturated rings. The molecule has 1 aliphatic rings. The average molecular weight is 496 g/mol. The average Bonchev–Trinajstić information content (AvgIpc) is 2.86. The van der Waals surface area contributed by atoms with Crippen molar-refractivity contribution in [1.82, 2.24) is 4.90 Å². The normalized spacial score (nSPS) is 14.3. The zero-order valence-electron chi connectivity index (χ0n) is 19.6. The van der Waals surface area contributed by atoms with Crippen LogP contribution in [0.2, 0.25) is 0 Å². The van der Waals surface area contributed by atoms with Gasteiger partial charge in [-0.1, -0.05) is 12.1 Å². The molecule has 0 atom stereocenters. The Morgan fingerprint density at radius 1 is 0.971 bits per heavy atom. The van der Waals surface area contributed by atoms with E-state index in [2.05, 4.69) is 14.9 Å². The van der Waals surface area contributed by atoms with E-state index >= 15 is 0 Å². The summed E-state index contributed by atoms with van der Waals surface area (Å²) in [6.45, 7) is 6.38. The maximum Gasteiger partial charge on any atom is 0.261 e. The van der Waals surface area contributed by atoms with Gasteiger partial charge in [0.1, 0.15) is 5.75 Å². The van der Waals surface area contributed by atoms with E-state index in [1.807, 2.05) is 25.1 Å². The van der Waals surface area contributed by atoms with Crippen LogP contribution in [0.15, 0.2) is 77.7 Å². The van der Waals surface area contributed by atoms with Crippen LogP contribution in [0.1, 0.15) is 22.8 Å². The maximum atomic E-state index is 12.8. The molecule has 3 aromatic carbocycles. The summed E-state index contributed by atoms with van der Waals surface area (Å²) in [5, 5.41) is 2.83. The van der Waals surface area contributed by atoms with Crippen molar-refractivity contribution in [1.29, 1.82) is 0 Å². The predicted molar refractivity (Wildman–Crippen MR) is 135 cm³/mol. The van der Waals surface area contributed by atoms with Crippen molar-refractivity contribution < 1.29 is 22.7 Å². The quantitative estimate of drug-likeness (QED) is 0.466. The van der Waals surface area contributed by atoms with Crippen LogP contribution < -0.4 is 14.8 Å². The van der Waals surface area contributed by atoms with Crippen LogP contribution in [-0.2, 0) is 21.3 Å². The van der Waals surface area contributed by atoms with Crippen molar-refractivity contribution in [2.45, 2.75) is 18.4 Å². The summed E-state index contributed by atoms with van der Waals surface area (Å²) in [5.74, 6) is 0.416. The minimum atomic E-state index is -3.77. The molecule has 0 aliphatic carbocycles. The molecule has 0 spiro atoms. The molecule has 184 valence electrons. The van der Waals surface area contributed by atoms with E-state index in [0.29, 0.717) is 29.3 Å². The van der Waals surface area contributed by atoms with Gasteiger partial charge in [0.05, 0.1) is 24.7 Å². The minimum absolute atomic E-state index is 0.0943. The highest BCUT2D eigenvalue weighted by atomic mass is 32.2. The Morgan fingerprint density at radius 3 is 2.34 bits per heavy atom. The summed E-state index contributed by atoms with van der Waals surface area (Å²) in [7, 11) is -3.77. The molecule has 0 bridgehead atoms. The topological polar surface area (TPSA) is 97.0 Å². The van der Waals surface area contributed by atoms with Gasteiger partial charge in [0, 0.05) is 36.6 Å². The van der Waals surface area contributed by atoms with E-state index in [0.717, 1.165) is 38.4 Å². The minimum Gasteiger partial charge on any atom is -0.494 e. The van der Waals surface area contributed by atoms with Crippen molar-refractivity contribution >= 4 is 27.3 Å². The molecule has 1 aliphatic heterocycles. The first-order valence-electron chi connectivity index (χ1n) is 11.5. The van der Waals surface area contributed by atoms with Crippen LogP contribution >= 0.6 is 0 Å². The van der Waals surface area contributed by atoms with Crippen molar-refractivity contribution in [3.05, 3.63) is 83.9 Å². The molecule has 9 heteroatoms. The molecule has 4 rings (SSSR count). The molecule has 0 unspecified atom stereocenters. The van der Waals surface area contributed by atoms with Crippen LogP contribution in [-0.4, -0.2) is 52.1 Å². The van der Waals surface area contributed by atoms with Gasteiger partial charge in [-0.05, 0) is 73.2 Å². The second kappa shape index (κ2) is 11.4. The zero-order chi connectivity index (χ0) is 24.7. The Labute approximate surface area is 205 Å². The molecule has 1 saturated heterocycles. The Bertz CT molecular complexity index is 1240. The molecule has 0 radical (unpaired) electrons. The highest BCUT2D eigenvalue weighted by Gasteiger charge is 2.16. The van der Waals surface area contributed by atoms with Crippen molar-refractivity contribution in [2.75, 3.05) is 42.9 Å². The largest absolute Gasteiger partial charge is 0.494 e. The highest BCUT2D eigenvalue weighted by molar-refractivity contribution is 7.92. The van der Waals surface area contributed by atoms with E-state index in [9.17, 15) is 13.2 Å². The number of carbonyl (C=O) groups is 1. The number of amides is 1. The van der Waals surface area contributed by atoms with Gasteiger partial charge in [-0.25, -0.2) is 8.42 Å². The standard InChI is InChI=1S/C26H29N3O5S/c1-2-34-24-10-6-23(7-11-24)28-35(31,32)25-12-8-22(9-13-25)27-26(30)21-5-3-4-20(18-21)19-29-14-16-33-17-15-29/h3-13,18,28H,2,14-17,19H2,1H3,(H,27,30). The monoisotopic (exact) mass is 495 g/mol. The van der Waals surface area contributed by atoms with Crippen molar-refractivity contribution in [2.24, 2.45) is 0 Å². The molecule has 0 saturated carbocycles. The Balaban J connectivity index is 1.37. The number of sulfonamides is 1. The number of ether oxygens (including phenoxy) is 2. The first-order chi connectivity index (χ1) is 16.9. The molecule has 35 heavy (non-hydrogen) atoms. The summed E-state index contributed by atoms with van der Waals surface area (Å²) in [5.41, 5.74) is 2.54. The summed E-state index contributed by atoms with van der Waals surface area (Å²) >= 11 is 0. The number of morpholine rings is 1. The third-order valence-electron chi connectivity index (χ3n) is 5.54. The van der Waals surface area contributed by atoms with Crippen LogP contribution in [0.5, 0.6) is 5.75 Å². The molecule has 2 N–H and O–H groups in total. The molecular weight excluding hydrogens is 466 g/mol. The molecule has 0 aromatic heterocycles. The summed E-state index contributed by atoms with van der Waals surface area (Å²) < 4.78 is 38.8. The van der Waals surface area contributed by atoms with E-state index in [1.165, 1.54) is 12.1 Å². The fourth-order valence-corrected chi connectivity index (χ4v) is 4.81. The number of hydrogen-bond acceptors (Lipinski definition) is 6. The Kier molecular flexibility index (Phi) is 8.02. The predicted octanol–water partition coefficient (Wildman–Crippen LogP) is 3.97. The number of rotatable bonds is 9. The fourth-order valence-electron chi connectivity index (χ4n) is 3.75. The van der Waals surface area contributed by atoms with Gasteiger partial charge >= 0.3 is 0 Å². The zero-order valence-corrected chi connectivity index (χ0v) is 20.4. The van der Waals surface area contributed by atoms with Gasteiger partial charge < -0.3 is 14.8 Å². The summed E-state index contributed by atoms with van der Waals surface area (Å²) in [4.78, 5) is 15.2. The molecule has 1 amide bonds. The Morgan fingerprint density at radius 2 is 1.66 bits per heavy atom. The number of nitrogens with one attached hydrogen (secondary N) is 2. The van der Waals surface area contributed by atoms with Gasteiger partial charge in [-0.3, -0.25) is 14.4 Å². The summed E-state index contributed by atoms with van der Waals surface area (Å²) in [6.07, 6.45) is 0. The number of benzene rings is 3. The summed E-state index contributed by atoms with van der Waals surface area (Å²) in [6, 6.07) is 20.3. The first-order valence-corrected chi connectivity index (χ1v) is 13.0. The molecule has 3 aromatic rings. The highest BCUT2D eigenvalue weighted by Crippen LogP contribution is 2.21. The lowest BCUT2D eigenvalue weighted by Crippen LogP contribution is -2.35. The van der Waals surface area contributed by atoms with E-state index in [-0.39, 0.29) is 10.8 Å². The van der Waals surface area contributed by atoms with Crippen LogP contribution in [0.4, 0.5) is 11.4 Å². The molecule has 8 nitrogen and oxygen atoms in total. The lowest BCUT2D eigenvalue weighted by Gasteiger charge is -2.26. The number of nitrogens with zero attached hydrogens (tertiary/aromatic N) is 1. The molecular formula is C26H29N3O5S. The van der Waals surface area contributed by atoms with Crippen molar-refractivity contribution in [3.8, 4) is 5.75 Å². The lowest BCUT2D eigenvalue weighted by molar-refractivity contribution is 0.0342. The van der Waals surface area contributed by atoms with Gasteiger partial charge in [-0.15, -0.1) is 0 Å². The van der Waals surface area contributed by atoms with E-state index in [1.54, 1.807) is 42.5 Å². The maximum absolute atomic E-state index is 12.8. The Hall–Kier alpha value is -3.40. The second-order valence-electron chi connectivity index (χ2n) is 8.13. The third-order valence-corrected chi connectivity index (χ3v) is 6.94. The van der Waals surface area contributed by atoms with Gasteiger partial charge in [-0.2, -0.15) is 0 Å². The second-order valence-corrected chi connectivity index (χ2v) is 9.81. The first kappa shape index (κ1) is 24.7. The number of carbonyl (C=O) groups excluding carboxylic acids is 1. The SMILES string of the molecule is CCOc1ccc(NS(=O)(=O)c2ccc(NC(=O)c3cccc(CN4CCOCC4)c3)cc2)cc1. The van der Waals surface area contributed by atoms with Gasteiger partial charge in [0.2, 0.25) is 0 Å².